The lowest BCUT2D eigenvalue weighted by molar-refractivity contribution is 0.100. The van der Waals surface area contributed by atoms with Crippen LogP contribution in [0.25, 0.3) is 10.9 Å². The van der Waals surface area contributed by atoms with Crippen molar-refractivity contribution in [3.05, 3.63) is 35.5 Å². The molecule has 5 nitrogen and oxygen atoms in total. The average molecular weight is 273 g/mol. The molecular formula is C15H19N3O2. The number of aliphatic hydroxyl groups is 1. The van der Waals surface area contributed by atoms with E-state index in [1.54, 1.807) is 6.07 Å². The Labute approximate surface area is 117 Å². The van der Waals surface area contributed by atoms with Gasteiger partial charge in [0.1, 0.15) is 0 Å². The van der Waals surface area contributed by atoms with Gasteiger partial charge in [0.05, 0.1) is 11.1 Å². The third-order valence-corrected chi connectivity index (χ3v) is 4.16. The SMILES string of the molecule is NC(=O)c1ccc([C@@H]2CNC[C@@H](CO)C2)c2cc[nH]c12. The second-order valence-electron chi connectivity index (χ2n) is 5.47. The van der Waals surface area contributed by atoms with E-state index in [4.69, 9.17) is 5.73 Å². The zero-order chi connectivity index (χ0) is 14.1. The van der Waals surface area contributed by atoms with Crippen LogP contribution in [0.15, 0.2) is 24.4 Å². The van der Waals surface area contributed by atoms with E-state index in [1.165, 1.54) is 5.56 Å². The van der Waals surface area contributed by atoms with Crippen LogP contribution >= 0.6 is 0 Å². The lowest BCUT2D eigenvalue weighted by Gasteiger charge is -2.29. The number of rotatable bonds is 3. The van der Waals surface area contributed by atoms with E-state index in [2.05, 4.69) is 10.3 Å². The van der Waals surface area contributed by atoms with Gasteiger partial charge in [-0.2, -0.15) is 0 Å². The van der Waals surface area contributed by atoms with Crippen LogP contribution in [-0.2, 0) is 0 Å². The van der Waals surface area contributed by atoms with E-state index in [0.717, 1.165) is 30.4 Å². The molecule has 5 heteroatoms. The number of carbonyl (C=O) groups excluding carboxylic acids is 1. The summed E-state index contributed by atoms with van der Waals surface area (Å²) in [4.78, 5) is 14.6. The molecule has 0 saturated carbocycles. The van der Waals surface area contributed by atoms with Gasteiger partial charge in [0.2, 0.25) is 0 Å². The number of nitrogens with two attached hydrogens (primary N) is 1. The number of H-pyrrole nitrogens is 1. The Bertz CT molecular complexity index is 635. The largest absolute Gasteiger partial charge is 0.396 e. The lowest BCUT2D eigenvalue weighted by atomic mass is 9.84. The van der Waals surface area contributed by atoms with Crippen molar-refractivity contribution in [3.63, 3.8) is 0 Å². The summed E-state index contributed by atoms with van der Waals surface area (Å²) >= 11 is 0. The molecular weight excluding hydrogens is 254 g/mol. The molecule has 0 radical (unpaired) electrons. The number of hydrogen-bond acceptors (Lipinski definition) is 3. The summed E-state index contributed by atoms with van der Waals surface area (Å²) in [6.45, 7) is 1.97. The highest BCUT2D eigenvalue weighted by atomic mass is 16.3. The zero-order valence-electron chi connectivity index (χ0n) is 11.2. The number of aromatic amines is 1. The molecule has 20 heavy (non-hydrogen) atoms. The molecule has 1 aromatic heterocycles. The van der Waals surface area contributed by atoms with Gasteiger partial charge in [0.25, 0.3) is 5.91 Å². The molecule has 0 bridgehead atoms. The molecule has 1 aliphatic rings. The molecule has 0 spiro atoms. The number of amides is 1. The molecule has 2 aromatic rings. The first-order valence-corrected chi connectivity index (χ1v) is 6.92. The van der Waals surface area contributed by atoms with Crippen molar-refractivity contribution in [2.24, 2.45) is 11.7 Å². The van der Waals surface area contributed by atoms with Crippen LogP contribution in [0.5, 0.6) is 0 Å². The van der Waals surface area contributed by atoms with Crippen LogP contribution in [-0.4, -0.2) is 35.7 Å². The smallest absolute Gasteiger partial charge is 0.250 e. The summed E-state index contributed by atoms with van der Waals surface area (Å²) in [5.41, 5.74) is 7.94. The highest BCUT2D eigenvalue weighted by molar-refractivity contribution is 6.05. The van der Waals surface area contributed by atoms with Gasteiger partial charge in [0.15, 0.2) is 0 Å². The Hall–Kier alpha value is -1.85. The maximum Gasteiger partial charge on any atom is 0.250 e. The molecule has 2 atom stereocenters. The van der Waals surface area contributed by atoms with E-state index >= 15 is 0 Å². The van der Waals surface area contributed by atoms with Crippen molar-refractivity contribution < 1.29 is 9.90 Å². The number of aliphatic hydroxyl groups excluding tert-OH is 1. The third-order valence-electron chi connectivity index (χ3n) is 4.16. The molecule has 2 heterocycles. The van der Waals surface area contributed by atoms with E-state index < -0.39 is 5.91 Å². The normalized spacial score (nSPS) is 23.1. The maximum absolute atomic E-state index is 11.5. The number of aromatic nitrogens is 1. The van der Waals surface area contributed by atoms with Gasteiger partial charge in [-0.25, -0.2) is 0 Å². The highest BCUT2D eigenvalue weighted by Crippen LogP contribution is 2.32. The molecule has 1 fully saturated rings. The highest BCUT2D eigenvalue weighted by Gasteiger charge is 2.24. The summed E-state index contributed by atoms with van der Waals surface area (Å²) in [6.07, 6.45) is 2.79. The van der Waals surface area contributed by atoms with Gasteiger partial charge in [-0.05, 0) is 36.0 Å². The fourth-order valence-corrected chi connectivity index (χ4v) is 3.15. The Balaban J connectivity index is 2.02. The first-order chi connectivity index (χ1) is 9.70. The Kier molecular flexibility index (Phi) is 3.46. The molecule has 1 saturated heterocycles. The quantitative estimate of drug-likeness (QED) is 0.671. The second kappa shape index (κ2) is 5.26. The van der Waals surface area contributed by atoms with Crippen LogP contribution in [0.2, 0.25) is 0 Å². The molecule has 1 aliphatic heterocycles. The Morgan fingerprint density at radius 1 is 1.35 bits per heavy atom. The van der Waals surface area contributed by atoms with Crippen molar-refractivity contribution >= 4 is 16.8 Å². The van der Waals surface area contributed by atoms with Gasteiger partial charge in [-0.3, -0.25) is 4.79 Å². The van der Waals surface area contributed by atoms with E-state index in [-0.39, 0.29) is 6.61 Å². The van der Waals surface area contributed by atoms with Gasteiger partial charge in [0, 0.05) is 31.3 Å². The summed E-state index contributed by atoms with van der Waals surface area (Å²) in [7, 11) is 0. The number of hydrogen-bond donors (Lipinski definition) is 4. The first kappa shape index (κ1) is 13.1. The third kappa shape index (κ3) is 2.19. The molecule has 3 rings (SSSR count). The van der Waals surface area contributed by atoms with Crippen LogP contribution in [0, 0.1) is 5.92 Å². The van der Waals surface area contributed by atoms with Gasteiger partial charge in [-0.1, -0.05) is 6.07 Å². The fraction of sp³-hybridized carbons (Fsp3) is 0.400. The van der Waals surface area contributed by atoms with Crippen LogP contribution in [0.1, 0.15) is 28.3 Å². The monoisotopic (exact) mass is 273 g/mol. The minimum Gasteiger partial charge on any atom is -0.396 e. The predicted octanol–water partition coefficient (Wildman–Crippen LogP) is 0.952. The summed E-state index contributed by atoms with van der Waals surface area (Å²) in [5.74, 6) is 0.221. The minimum atomic E-state index is -0.418. The number of fused-ring (bicyclic) bond motifs is 1. The number of nitrogens with one attached hydrogen (secondary N) is 2. The molecule has 0 aliphatic carbocycles. The Morgan fingerprint density at radius 2 is 2.20 bits per heavy atom. The molecule has 106 valence electrons. The lowest BCUT2D eigenvalue weighted by Crippen LogP contribution is -2.36. The topological polar surface area (TPSA) is 91.1 Å². The fourth-order valence-electron chi connectivity index (χ4n) is 3.15. The standard InChI is InChI=1S/C15H19N3O2/c16-15(20)13-2-1-11(12-3-4-18-14(12)13)10-5-9(8-19)6-17-7-10/h1-4,9-10,17-19H,5-8H2,(H2,16,20)/t9-,10-/m0/s1. The minimum absolute atomic E-state index is 0.207. The number of piperidine rings is 1. The van der Waals surface area contributed by atoms with Crippen LogP contribution in [0.3, 0.4) is 0 Å². The van der Waals surface area contributed by atoms with Crippen LogP contribution in [0.4, 0.5) is 0 Å². The van der Waals surface area contributed by atoms with E-state index in [0.29, 0.717) is 17.4 Å². The van der Waals surface area contributed by atoms with Crippen molar-refractivity contribution in [2.75, 3.05) is 19.7 Å². The number of benzene rings is 1. The average Bonchev–Trinajstić information content (AvgIpc) is 2.95. The van der Waals surface area contributed by atoms with Crippen molar-refractivity contribution in [3.8, 4) is 0 Å². The summed E-state index contributed by atoms with van der Waals surface area (Å²) in [6, 6.07) is 5.76. The first-order valence-electron chi connectivity index (χ1n) is 6.92. The van der Waals surface area contributed by atoms with Gasteiger partial charge >= 0.3 is 0 Å². The number of carbonyl (C=O) groups is 1. The molecule has 5 N–H and O–H groups in total. The van der Waals surface area contributed by atoms with E-state index in [9.17, 15) is 9.90 Å². The Morgan fingerprint density at radius 3 is 2.95 bits per heavy atom. The summed E-state index contributed by atoms with van der Waals surface area (Å²) in [5, 5.41) is 13.8. The second-order valence-corrected chi connectivity index (χ2v) is 5.47. The maximum atomic E-state index is 11.5. The summed E-state index contributed by atoms with van der Waals surface area (Å²) < 4.78 is 0. The van der Waals surface area contributed by atoms with Gasteiger partial charge < -0.3 is 21.1 Å². The van der Waals surface area contributed by atoms with Crippen molar-refractivity contribution in [1.82, 2.24) is 10.3 Å². The van der Waals surface area contributed by atoms with Crippen molar-refractivity contribution in [1.29, 1.82) is 0 Å². The van der Waals surface area contributed by atoms with Gasteiger partial charge in [-0.15, -0.1) is 0 Å². The molecule has 1 amide bonds. The van der Waals surface area contributed by atoms with Crippen LogP contribution < -0.4 is 11.1 Å². The van der Waals surface area contributed by atoms with E-state index in [1.807, 2.05) is 18.3 Å². The molecule has 0 unspecified atom stereocenters. The number of primary amides is 1. The zero-order valence-corrected chi connectivity index (χ0v) is 11.2. The predicted molar refractivity (Wildman–Crippen MR) is 77.6 cm³/mol. The van der Waals surface area contributed by atoms with Crippen molar-refractivity contribution in [2.45, 2.75) is 12.3 Å². The molecule has 1 aromatic carbocycles.